The third-order valence-corrected chi connectivity index (χ3v) is 8.02. The van der Waals surface area contributed by atoms with E-state index in [9.17, 15) is 0 Å². The number of nitrogens with zero attached hydrogens (tertiary/aromatic N) is 2. The van der Waals surface area contributed by atoms with Crippen molar-refractivity contribution in [2.75, 3.05) is 0 Å². The molecule has 0 bridgehead atoms. The van der Waals surface area contributed by atoms with Gasteiger partial charge >= 0.3 is 0 Å². The molecule has 6 rings (SSSR count). The Labute approximate surface area is 205 Å². The maximum atomic E-state index is 8.39. The highest BCUT2D eigenvalue weighted by Crippen LogP contribution is 2.50. The second-order valence-corrected chi connectivity index (χ2v) is 11.3. The first-order valence-electron chi connectivity index (χ1n) is 13.6. The van der Waals surface area contributed by atoms with E-state index in [1.54, 1.807) is 0 Å². The van der Waals surface area contributed by atoms with Crippen molar-refractivity contribution in [1.82, 2.24) is 5.10 Å². The van der Waals surface area contributed by atoms with Crippen LogP contribution in [0.1, 0.15) is 66.9 Å². The predicted molar refractivity (Wildman–Crippen MR) is 140 cm³/mol. The van der Waals surface area contributed by atoms with Crippen molar-refractivity contribution >= 4 is 32.7 Å². The summed E-state index contributed by atoms with van der Waals surface area (Å²) in [6, 6.07) is 14.1. The van der Waals surface area contributed by atoms with Gasteiger partial charge in [0.15, 0.2) is 7.05 Å². The first-order chi connectivity index (χ1) is 17.3. The van der Waals surface area contributed by atoms with E-state index in [0.29, 0.717) is 22.1 Å². The average molecular weight is 453 g/mol. The molecule has 0 N–H and O–H groups in total. The zero-order chi connectivity index (χ0) is 26.5. The number of furan rings is 1. The minimum absolute atomic E-state index is 0.00187. The summed E-state index contributed by atoms with van der Waals surface area (Å²) in [5, 5.41) is 8.44. The fraction of sp³-hybridized carbons (Fsp3) is 0.355. The van der Waals surface area contributed by atoms with Crippen molar-refractivity contribution in [2.24, 2.45) is 7.05 Å². The molecule has 3 aromatic carbocycles. The van der Waals surface area contributed by atoms with E-state index >= 15 is 0 Å². The van der Waals surface area contributed by atoms with Gasteiger partial charge in [0.05, 0.1) is 11.8 Å². The van der Waals surface area contributed by atoms with Crippen LogP contribution in [0.15, 0.2) is 53.1 Å². The topological polar surface area (TPSA) is 29.9 Å². The summed E-state index contributed by atoms with van der Waals surface area (Å²) < 4.78 is 33.7. The van der Waals surface area contributed by atoms with E-state index < -0.39 is 6.85 Å². The number of hydrogen-bond acceptors (Lipinski definition) is 2. The minimum Gasteiger partial charge on any atom is -0.455 e. The van der Waals surface area contributed by atoms with Gasteiger partial charge < -0.3 is 4.42 Å². The van der Waals surface area contributed by atoms with Crippen LogP contribution in [0, 0.1) is 13.8 Å². The van der Waals surface area contributed by atoms with Crippen molar-refractivity contribution in [3.8, 4) is 11.3 Å². The molecule has 0 spiro atoms. The summed E-state index contributed by atoms with van der Waals surface area (Å²) in [6.45, 7) is 8.91. The molecule has 2 heterocycles. The lowest BCUT2D eigenvalue weighted by Gasteiger charge is -2.41. The first-order valence-corrected chi connectivity index (χ1v) is 12.1. The van der Waals surface area contributed by atoms with Gasteiger partial charge in [0.25, 0.3) is 0 Å². The molecule has 3 nitrogen and oxygen atoms in total. The molecule has 0 saturated carbocycles. The minimum atomic E-state index is -2.28. The number of benzene rings is 3. The molecule has 0 atom stereocenters. The quantitative estimate of drug-likeness (QED) is 0.245. The number of fused-ring (bicyclic) bond motifs is 5. The van der Waals surface area contributed by atoms with Gasteiger partial charge in [-0.25, -0.2) is 0 Å². The van der Waals surface area contributed by atoms with E-state index in [0.717, 1.165) is 45.8 Å². The maximum Gasteiger partial charge on any atom is 0.246 e. The summed E-state index contributed by atoms with van der Waals surface area (Å²) in [4.78, 5) is 0. The monoisotopic (exact) mass is 452 g/mol. The fourth-order valence-electron chi connectivity index (χ4n) is 5.99. The van der Waals surface area contributed by atoms with Crippen LogP contribution < -0.4 is 4.68 Å². The van der Waals surface area contributed by atoms with Crippen LogP contribution in [0.5, 0.6) is 0 Å². The molecular weight excluding hydrogens is 416 g/mol. The van der Waals surface area contributed by atoms with E-state index in [1.165, 1.54) is 11.1 Å². The van der Waals surface area contributed by atoms with Gasteiger partial charge in [-0.2, -0.15) is 0 Å². The smallest absolute Gasteiger partial charge is 0.246 e. The molecule has 2 aromatic heterocycles. The molecule has 1 aliphatic carbocycles. The van der Waals surface area contributed by atoms with Crippen molar-refractivity contribution in [1.29, 1.82) is 0 Å². The fourth-order valence-corrected chi connectivity index (χ4v) is 5.99. The predicted octanol–water partition coefficient (Wildman–Crippen LogP) is 7.59. The van der Waals surface area contributed by atoms with Gasteiger partial charge in [-0.05, 0) is 82.1 Å². The summed E-state index contributed by atoms with van der Waals surface area (Å²) in [5.74, 6) is 0. The Bertz CT molecular complexity index is 1740. The lowest BCUT2D eigenvalue weighted by atomic mass is 9.62. The molecule has 0 saturated heterocycles. The Morgan fingerprint density at radius 3 is 2.41 bits per heavy atom. The van der Waals surface area contributed by atoms with E-state index in [1.807, 2.05) is 49.1 Å². The van der Waals surface area contributed by atoms with Crippen molar-refractivity contribution in [3.05, 3.63) is 70.9 Å². The first kappa shape index (κ1) is 18.2. The van der Waals surface area contributed by atoms with E-state index in [-0.39, 0.29) is 10.8 Å². The summed E-state index contributed by atoms with van der Waals surface area (Å²) in [6.07, 6.45) is 4.17. The van der Waals surface area contributed by atoms with Crippen LogP contribution in [0.3, 0.4) is 0 Å². The molecule has 0 amide bonds. The Morgan fingerprint density at radius 2 is 1.68 bits per heavy atom. The van der Waals surface area contributed by atoms with Gasteiger partial charge in [-0.1, -0.05) is 62.7 Å². The second-order valence-electron chi connectivity index (χ2n) is 11.3. The molecular formula is C31H33N2O+. The molecule has 34 heavy (non-hydrogen) atoms. The van der Waals surface area contributed by atoms with Crippen LogP contribution in [0.2, 0.25) is 0 Å². The number of aryl methyl sites for hydroxylation is 3. The number of aromatic nitrogens is 2. The van der Waals surface area contributed by atoms with Gasteiger partial charge in [0.2, 0.25) is 5.69 Å². The van der Waals surface area contributed by atoms with Crippen LogP contribution in [0.4, 0.5) is 0 Å². The Balaban J connectivity index is 1.82. The maximum absolute atomic E-state index is 8.39. The molecule has 172 valence electrons. The molecule has 0 unspecified atom stereocenters. The zero-order valence-corrected chi connectivity index (χ0v) is 20.8. The number of hydrogen-bond donors (Lipinski definition) is 0. The van der Waals surface area contributed by atoms with Crippen LogP contribution in [0.25, 0.3) is 44.0 Å². The standard InChI is InChI=1S/C31H33N2O/c1-18-14-19(2)26(28-27-23(17-32-33(28)7)30(3,4)12-13-31(27,5)6)29-25(18)22-15-20-10-8-9-11-21(20)16-24(22)34-29/h8-11,14-17H,12-13H2,1-7H3/q+1/i1D3. The van der Waals surface area contributed by atoms with Crippen molar-refractivity contribution in [3.63, 3.8) is 0 Å². The molecule has 5 aromatic rings. The van der Waals surface area contributed by atoms with Crippen molar-refractivity contribution in [2.45, 2.75) is 65.1 Å². The lowest BCUT2D eigenvalue weighted by Crippen LogP contribution is -2.44. The normalized spacial score (nSPS) is 18.6. The molecule has 0 aliphatic heterocycles. The summed E-state index contributed by atoms with van der Waals surface area (Å²) in [5.41, 5.74) is 6.95. The molecule has 0 radical (unpaired) electrons. The Kier molecular flexibility index (Phi) is 3.69. The lowest BCUT2D eigenvalue weighted by molar-refractivity contribution is -0.720. The van der Waals surface area contributed by atoms with Gasteiger partial charge in [0, 0.05) is 20.4 Å². The van der Waals surface area contributed by atoms with Crippen LogP contribution >= 0.6 is 0 Å². The van der Waals surface area contributed by atoms with Crippen LogP contribution in [-0.4, -0.2) is 5.10 Å². The Morgan fingerprint density at radius 1 is 0.971 bits per heavy atom. The summed E-state index contributed by atoms with van der Waals surface area (Å²) in [7, 11) is 1.98. The molecule has 0 fully saturated rings. The molecule has 3 heteroatoms. The highest BCUT2D eigenvalue weighted by atomic mass is 16.3. The highest BCUT2D eigenvalue weighted by molar-refractivity contribution is 6.14. The van der Waals surface area contributed by atoms with E-state index in [4.69, 9.17) is 13.6 Å². The largest absolute Gasteiger partial charge is 0.455 e. The Hall–Kier alpha value is -3.20. The van der Waals surface area contributed by atoms with E-state index in [2.05, 4.69) is 45.9 Å². The summed E-state index contributed by atoms with van der Waals surface area (Å²) >= 11 is 0. The van der Waals surface area contributed by atoms with Crippen molar-refractivity contribution < 1.29 is 13.2 Å². The molecule has 1 aliphatic rings. The van der Waals surface area contributed by atoms with Gasteiger partial charge in [0.1, 0.15) is 11.2 Å². The second kappa shape index (κ2) is 6.91. The van der Waals surface area contributed by atoms with Gasteiger partial charge in [-0.3, -0.25) is 0 Å². The SMILES string of the molecule is [2H]C([2H])([2H])c1cc(C)c(-c2c3c(cn[n+]2C)C(C)(C)CCC3(C)C)c2oc3cc4ccccc4cc3c12. The third kappa shape index (κ3) is 2.89. The van der Waals surface area contributed by atoms with Crippen LogP contribution in [-0.2, 0) is 17.9 Å². The highest BCUT2D eigenvalue weighted by Gasteiger charge is 2.43. The van der Waals surface area contributed by atoms with Gasteiger partial charge in [-0.15, -0.1) is 0 Å². The zero-order valence-electron chi connectivity index (χ0n) is 23.8. The third-order valence-electron chi connectivity index (χ3n) is 8.02. The number of rotatable bonds is 1. The average Bonchev–Trinajstić information content (AvgIpc) is 3.17.